The highest BCUT2D eigenvalue weighted by Gasteiger charge is 2.25. The lowest BCUT2D eigenvalue weighted by atomic mass is 9.98. The lowest BCUT2D eigenvalue weighted by Crippen LogP contribution is -2.46. The Bertz CT molecular complexity index is 579. The van der Waals surface area contributed by atoms with Gasteiger partial charge in [-0.05, 0) is 18.1 Å². The number of carbonyl (C=O) groups is 1. The van der Waals surface area contributed by atoms with Gasteiger partial charge in [0, 0.05) is 30.2 Å². The standard InChI is InChI=1S/C13H15N3O.ClH/c1-14-13(17)11-6-9-8-4-2-3-5-10(8)16-12(9)7-15-11;/h2-5,11,15-16H,6-7H2,1H3,(H,14,17);1H/t11-;/m1./s1. The molecule has 2 aromatic rings. The largest absolute Gasteiger partial charge is 0.358 e. The highest BCUT2D eigenvalue weighted by molar-refractivity contribution is 5.88. The van der Waals surface area contributed by atoms with Crippen molar-refractivity contribution >= 4 is 29.2 Å². The Labute approximate surface area is 112 Å². The quantitative estimate of drug-likeness (QED) is 0.729. The topological polar surface area (TPSA) is 56.9 Å². The van der Waals surface area contributed by atoms with Crippen molar-refractivity contribution in [2.75, 3.05) is 7.05 Å². The van der Waals surface area contributed by atoms with Crippen molar-refractivity contribution in [2.45, 2.75) is 19.0 Å². The van der Waals surface area contributed by atoms with E-state index in [1.165, 1.54) is 16.6 Å². The number of hydrogen-bond acceptors (Lipinski definition) is 2. The molecule has 3 rings (SSSR count). The van der Waals surface area contributed by atoms with Gasteiger partial charge in [0.05, 0.1) is 6.04 Å². The number of benzene rings is 1. The molecule has 0 saturated carbocycles. The van der Waals surface area contributed by atoms with Gasteiger partial charge in [-0.15, -0.1) is 12.4 Å². The molecule has 1 amide bonds. The van der Waals surface area contributed by atoms with Crippen molar-refractivity contribution in [2.24, 2.45) is 0 Å². The predicted molar refractivity (Wildman–Crippen MR) is 73.9 cm³/mol. The molecule has 0 unspecified atom stereocenters. The van der Waals surface area contributed by atoms with Gasteiger partial charge in [0.1, 0.15) is 0 Å². The average molecular weight is 266 g/mol. The van der Waals surface area contributed by atoms with E-state index in [0.717, 1.165) is 18.5 Å². The van der Waals surface area contributed by atoms with Gasteiger partial charge in [-0.3, -0.25) is 10.1 Å². The molecular weight excluding hydrogens is 250 g/mol. The Morgan fingerprint density at radius 1 is 1.39 bits per heavy atom. The summed E-state index contributed by atoms with van der Waals surface area (Å²) in [6.07, 6.45) is 0.749. The first-order valence-corrected chi connectivity index (χ1v) is 5.83. The Kier molecular flexibility index (Phi) is 3.59. The fourth-order valence-corrected chi connectivity index (χ4v) is 2.50. The monoisotopic (exact) mass is 265 g/mol. The summed E-state index contributed by atoms with van der Waals surface area (Å²) < 4.78 is 0. The molecule has 1 atom stereocenters. The molecule has 3 N–H and O–H groups in total. The minimum atomic E-state index is -0.119. The van der Waals surface area contributed by atoms with Crippen LogP contribution < -0.4 is 10.6 Å². The third-order valence-electron chi connectivity index (χ3n) is 3.40. The zero-order chi connectivity index (χ0) is 11.8. The molecule has 0 fully saturated rings. The number of aromatic nitrogens is 1. The Morgan fingerprint density at radius 2 is 2.17 bits per heavy atom. The van der Waals surface area contributed by atoms with Gasteiger partial charge in [-0.25, -0.2) is 0 Å². The lowest BCUT2D eigenvalue weighted by Gasteiger charge is -2.22. The number of carbonyl (C=O) groups excluding carboxylic acids is 1. The van der Waals surface area contributed by atoms with Gasteiger partial charge in [0.2, 0.25) is 5.91 Å². The minimum absolute atomic E-state index is 0. The van der Waals surface area contributed by atoms with Crippen LogP contribution in [0.2, 0.25) is 0 Å². The van der Waals surface area contributed by atoms with E-state index in [-0.39, 0.29) is 24.4 Å². The molecule has 2 heterocycles. The zero-order valence-corrected chi connectivity index (χ0v) is 10.9. The summed E-state index contributed by atoms with van der Waals surface area (Å²) in [6.45, 7) is 0.724. The molecule has 0 saturated heterocycles. The smallest absolute Gasteiger partial charge is 0.237 e. The predicted octanol–water partition coefficient (Wildman–Crippen LogP) is 1.35. The van der Waals surface area contributed by atoms with E-state index in [1.54, 1.807) is 7.05 Å². The number of amides is 1. The number of nitrogens with one attached hydrogen (secondary N) is 3. The van der Waals surface area contributed by atoms with E-state index >= 15 is 0 Å². The van der Waals surface area contributed by atoms with Crippen molar-refractivity contribution in [3.63, 3.8) is 0 Å². The van der Waals surface area contributed by atoms with Crippen LogP contribution in [0.3, 0.4) is 0 Å². The molecule has 0 aliphatic carbocycles. The van der Waals surface area contributed by atoms with Crippen LogP contribution >= 0.6 is 12.4 Å². The minimum Gasteiger partial charge on any atom is -0.358 e. The summed E-state index contributed by atoms with van der Waals surface area (Å²) in [4.78, 5) is 15.1. The Morgan fingerprint density at radius 3 is 2.94 bits per heavy atom. The third kappa shape index (κ3) is 1.98. The first-order chi connectivity index (χ1) is 8.29. The second kappa shape index (κ2) is 5.00. The Hall–Kier alpha value is -1.52. The summed E-state index contributed by atoms with van der Waals surface area (Å²) in [5, 5.41) is 7.17. The van der Waals surface area contributed by atoms with Gasteiger partial charge in [0.25, 0.3) is 0 Å². The maximum Gasteiger partial charge on any atom is 0.237 e. The molecule has 1 aliphatic heterocycles. The fourth-order valence-electron chi connectivity index (χ4n) is 2.50. The molecule has 96 valence electrons. The van der Waals surface area contributed by atoms with Crippen LogP contribution in [0.1, 0.15) is 11.3 Å². The summed E-state index contributed by atoms with van der Waals surface area (Å²) in [6, 6.07) is 8.12. The summed E-state index contributed by atoms with van der Waals surface area (Å²) in [7, 11) is 1.68. The second-order valence-corrected chi connectivity index (χ2v) is 4.38. The van der Waals surface area contributed by atoms with Gasteiger partial charge < -0.3 is 10.3 Å². The van der Waals surface area contributed by atoms with E-state index in [2.05, 4.69) is 27.8 Å². The fraction of sp³-hybridized carbons (Fsp3) is 0.308. The van der Waals surface area contributed by atoms with E-state index in [4.69, 9.17) is 0 Å². The summed E-state index contributed by atoms with van der Waals surface area (Å²) in [5.41, 5.74) is 3.62. The molecule has 4 nitrogen and oxygen atoms in total. The molecule has 18 heavy (non-hydrogen) atoms. The second-order valence-electron chi connectivity index (χ2n) is 4.38. The van der Waals surface area contributed by atoms with Crippen LogP contribution in [0.25, 0.3) is 10.9 Å². The van der Waals surface area contributed by atoms with Crippen LogP contribution in [-0.2, 0) is 17.8 Å². The molecule has 1 aromatic heterocycles. The van der Waals surface area contributed by atoms with Crippen LogP contribution in [0.5, 0.6) is 0 Å². The van der Waals surface area contributed by atoms with E-state index in [9.17, 15) is 4.79 Å². The number of halogens is 1. The lowest BCUT2D eigenvalue weighted by molar-refractivity contribution is -0.122. The number of hydrogen-bond donors (Lipinski definition) is 3. The number of para-hydroxylation sites is 1. The third-order valence-corrected chi connectivity index (χ3v) is 3.40. The number of rotatable bonds is 1. The van der Waals surface area contributed by atoms with Gasteiger partial charge in [-0.2, -0.15) is 0 Å². The number of fused-ring (bicyclic) bond motifs is 3. The highest BCUT2D eigenvalue weighted by atomic mass is 35.5. The zero-order valence-electron chi connectivity index (χ0n) is 10.1. The molecule has 1 aliphatic rings. The van der Waals surface area contributed by atoms with Gasteiger partial charge >= 0.3 is 0 Å². The van der Waals surface area contributed by atoms with Crippen LogP contribution in [-0.4, -0.2) is 24.0 Å². The van der Waals surface area contributed by atoms with Crippen molar-refractivity contribution in [1.82, 2.24) is 15.6 Å². The van der Waals surface area contributed by atoms with Gasteiger partial charge in [-0.1, -0.05) is 18.2 Å². The summed E-state index contributed by atoms with van der Waals surface area (Å²) in [5.74, 6) is 0.0564. The van der Waals surface area contributed by atoms with E-state index in [1.807, 2.05) is 12.1 Å². The molecule has 0 bridgehead atoms. The van der Waals surface area contributed by atoms with Crippen molar-refractivity contribution in [3.05, 3.63) is 35.5 Å². The van der Waals surface area contributed by atoms with Crippen molar-refractivity contribution in [3.8, 4) is 0 Å². The van der Waals surface area contributed by atoms with E-state index in [0.29, 0.717) is 0 Å². The first-order valence-electron chi connectivity index (χ1n) is 5.83. The SMILES string of the molecule is CNC(=O)[C@H]1Cc2c([nH]c3ccccc23)CN1.Cl. The molecule has 1 aromatic carbocycles. The highest BCUT2D eigenvalue weighted by Crippen LogP contribution is 2.26. The van der Waals surface area contributed by atoms with Gasteiger partial charge in [0.15, 0.2) is 0 Å². The van der Waals surface area contributed by atoms with Crippen LogP contribution in [0.4, 0.5) is 0 Å². The molecule has 0 radical (unpaired) electrons. The Balaban J connectivity index is 0.00000120. The number of aromatic amines is 1. The molecule has 0 spiro atoms. The maximum absolute atomic E-state index is 11.7. The van der Waals surface area contributed by atoms with Crippen LogP contribution in [0, 0.1) is 0 Å². The maximum atomic E-state index is 11.7. The summed E-state index contributed by atoms with van der Waals surface area (Å²) >= 11 is 0. The number of likely N-dealkylation sites (N-methyl/N-ethyl adjacent to an activating group) is 1. The number of H-pyrrole nitrogens is 1. The van der Waals surface area contributed by atoms with E-state index < -0.39 is 0 Å². The van der Waals surface area contributed by atoms with Crippen LogP contribution in [0.15, 0.2) is 24.3 Å². The molecule has 5 heteroatoms. The first kappa shape index (κ1) is 12.9. The van der Waals surface area contributed by atoms with Crippen molar-refractivity contribution < 1.29 is 4.79 Å². The molecular formula is C13H16ClN3O. The normalized spacial score (nSPS) is 17.9. The van der Waals surface area contributed by atoms with Crippen molar-refractivity contribution in [1.29, 1.82) is 0 Å². The average Bonchev–Trinajstić information content (AvgIpc) is 2.75.